The maximum Gasteiger partial charge on any atom is 0.272 e. The van der Waals surface area contributed by atoms with E-state index in [0.717, 1.165) is 33.4 Å². The van der Waals surface area contributed by atoms with Crippen molar-refractivity contribution in [1.29, 1.82) is 0 Å². The van der Waals surface area contributed by atoms with Gasteiger partial charge in [0.15, 0.2) is 11.3 Å². The van der Waals surface area contributed by atoms with Crippen molar-refractivity contribution in [2.45, 2.75) is 13.1 Å². The molecule has 0 saturated heterocycles. The van der Waals surface area contributed by atoms with Crippen LogP contribution in [0, 0.1) is 0 Å². The number of benzene rings is 2. The van der Waals surface area contributed by atoms with E-state index in [1.165, 1.54) is 0 Å². The Morgan fingerprint density at radius 2 is 1.20 bits per heavy atom. The third-order valence-electron chi connectivity index (χ3n) is 6.96. The second-order valence-corrected chi connectivity index (χ2v) is 9.96. The van der Waals surface area contributed by atoms with E-state index in [2.05, 4.69) is 25.3 Å². The molecular weight excluding hydrogens is 568 g/mol. The number of ether oxygens (including phenoxy) is 2. The van der Waals surface area contributed by atoms with Gasteiger partial charge in [-0.1, -0.05) is 36.4 Å². The van der Waals surface area contributed by atoms with Crippen LogP contribution < -0.4 is 14.8 Å². The summed E-state index contributed by atoms with van der Waals surface area (Å²) >= 11 is 0. The van der Waals surface area contributed by atoms with Crippen LogP contribution in [0.1, 0.15) is 32.1 Å². The Hall–Kier alpha value is -5.90. The standard InChI is InChI=1S/C18H17N3O2.C17H15N3O2/c1-21(12-14-6-3-4-8-16(14)23-2)18(22)15-10-9-13-7-5-11-19-17(13)20-15;1-22-15-7-3-2-5-13(15)11-19-17(21)14-9-8-12-6-4-10-18-16(12)20-14/h3-11H,12H2,1-2H3;2-10H,11H2,1H3,(H,19,21). The van der Waals surface area contributed by atoms with E-state index in [0.29, 0.717) is 35.8 Å². The van der Waals surface area contributed by atoms with E-state index >= 15 is 0 Å². The Morgan fingerprint density at radius 3 is 1.82 bits per heavy atom. The van der Waals surface area contributed by atoms with Crippen molar-refractivity contribution in [3.05, 3.63) is 132 Å². The van der Waals surface area contributed by atoms with Crippen molar-refractivity contribution in [3.63, 3.8) is 0 Å². The molecule has 226 valence electrons. The highest BCUT2D eigenvalue weighted by atomic mass is 16.5. The van der Waals surface area contributed by atoms with Gasteiger partial charge >= 0.3 is 0 Å². The molecule has 4 aromatic heterocycles. The normalized spacial score (nSPS) is 10.5. The molecule has 0 bridgehead atoms. The van der Waals surface area contributed by atoms with Crippen LogP contribution in [0.15, 0.2) is 109 Å². The summed E-state index contributed by atoms with van der Waals surface area (Å²) in [5.41, 5.74) is 3.73. The van der Waals surface area contributed by atoms with E-state index in [9.17, 15) is 9.59 Å². The lowest BCUT2D eigenvalue weighted by Crippen LogP contribution is -2.27. The minimum absolute atomic E-state index is 0.150. The maximum absolute atomic E-state index is 12.6. The van der Waals surface area contributed by atoms with Crippen molar-refractivity contribution in [1.82, 2.24) is 30.2 Å². The Kier molecular flexibility index (Phi) is 9.86. The van der Waals surface area contributed by atoms with Gasteiger partial charge in [0.1, 0.15) is 22.9 Å². The molecule has 4 heterocycles. The number of rotatable bonds is 8. The summed E-state index contributed by atoms with van der Waals surface area (Å²) < 4.78 is 10.6. The quantitative estimate of drug-likeness (QED) is 0.244. The molecular formula is C35H32N6O4. The van der Waals surface area contributed by atoms with E-state index in [4.69, 9.17) is 9.47 Å². The fraction of sp³-hybridized carbons (Fsp3) is 0.143. The van der Waals surface area contributed by atoms with E-state index < -0.39 is 0 Å². The van der Waals surface area contributed by atoms with Gasteiger partial charge in [-0.05, 0) is 60.7 Å². The lowest BCUT2D eigenvalue weighted by molar-refractivity contribution is 0.0778. The molecule has 0 aliphatic heterocycles. The Labute approximate surface area is 260 Å². The van der Waals surface area contributed by atoms with Crippen molar-refractivity contribution in [2.75, 3.05) is 21.3 Å². The molecule has 0 radical (unpaired) electrons. The fourth-order valence-electron chi connectivity index (χ4n) is 4.62. The number of hydrogen-bond donors (Lipinski definition) is 1. The Morgan fingerprint density at radius 1 is 0.667 bits per heavy atom. The SMILES string of the molecule is COc1ccccc1CN(C)C(=O)c1ccc2cccnc2n1.COc1ccccc1CNC(=O)c1ccc2cccnc2n1. The van der Waals surface area contributed by atoms with Crippen LogP contribution >= 0.6 is 0 Å². The molecule has 0 atom stereocenters. The number of amides is 2. The number of nitrogens with zero attached hydrogens (tertiary/aromatic N) is 5. The Bertz CT molecular complexity index is 1950. The molecule has 45 heavy (non-hydrogen) atoms. The summed E-state index contributed by atoms with van der Waals surface area (Å²) in [6.07, 6.45) is 3.33. The average molecular weight is 601 g/mol. The number of carbonyl (C=O) groups excluding carboxylic acids is 2. The molecule has 6 rings (SSSR count). The molecule has 0 spiro atoms. The second kappa shape index (κ2) is 14.5. The maximum atomic E-state index is 12.6. The molecule has 0 fully saturated rings. The zero-order valence-corrected chi connectivity index (χ0v) is 25.2. The Balaban J connectivity index is 0.000000178. The molecule has 1 N–H and O–H groups in total. The van der Waals surface area contributed by atoms with Gasteiger partial charge in [0.05, 0.1) is 14.2 Å². The van der Waals surface area contributed by atoms with Crippen molar-refractivity contribution >= 4 is 33.9 Å². The van der Waals surface area contributed by atoms with Crippen molar-refractivity contribution in [3.8, 4) is 11.5 Å². The van der Waals surface area contributed by atoms with Gasteiger partial charge in [-0.2, -0.15) is 0 Å². The highest BCUT2D eigenvalue weighted by molar-refractivity contribution is 5.95. The van der Waals surface area contributed by atoms with Crippen LogP contribution in [0.4, 0.5) is 0 Å². The lowest BCUT2D eigenvalue weighted by Gasteiger charge is -2.18. The number of pyridine rings is 4. The van der Waals surface area contributed by atoms with Crippen LogP contribution in [0.3, 0.4) is 0 Å². The molecule has 2 amide bonds. The van der Waals surface area contributed by atoms with E-state index in [1.54, 1.807) is 50.7 Å². The van der Waals surface area contributed by atoms with Gasteiger partial charge < -0.3 is 19.7 Å². The van der Waals surface area contributed by atoms with Gasteiger partial charge in [0.25, 0.3) is 11.8 Å². The predicted molar refractivity (Wildman–Crippen MR) is 172 cm³/mol. The van der Waals surface area contributed by atoms with Gasteiger partial charge in [-0.15, -0.1) is 0 Å². The lowest BCUT2D eigenvalue weighted by atomic mass is 10.2. The van der Waals surface area contributed by atoms with Crippen LogP contribution in [-0.2, 0) is 13.1 Å². The van der Waals surface area contributed by atoms with Gasteiger partial charge in [-0.25, -0.2) is 19.9 Å². The first-order valence-electron chi connectivity index (χ1n) is 14.2. The molecule has 10 nitrogen and oxygen atoms in total. The number of methoxy groups -OCH3 is 2. The van der Waals surface area contributed by atoms with E-state index in [1.807, 2.05) is 84.9 Å². The summed E-state index contributed by atoms with van der Waals surface area (Å²) in [6.45, 7) is 0.829. The second-order valence-electron chi connectivity index (χ2n) is 9.96. The molecule has 6 aromatic rings. The number of hydrogen-bond acceptors (Lipinski definition) is 8. The highest BCUT2D eigenvalue weighted by Crippen LogP contribution is 2.20. The van der Waals surface area contributed by atoms with Gasteiger partial charge in [0, 0.05) is 54.4 Å². The first-order valence-corrected chi connectivity index (χ1v) is 14.2. The third-order valence-corrected chi connectivity index (χ3v) is 6.96. The summed E-state index contributed by atoms with van der Waals surface area (Å²) in [6, 6.07) is 29.9. The molecule has 0 aliphatic rings. The average Bonchev–Trinajstić information content (AvgIpc) is 3.10. The zero-order valence-electron chi connectivity index (χ0n) is 25.2. The molecule has 2 aromatic carbocycles. The number of nitrogens with one attached hydrogen (secondary N) is 1. The largest absolute Gasteiger partial charge is 0.496 e. The number of aromatic nitrogens is 4. The predicted octanol–water partition coefficient (Wildman–Crippen LogP) is 5.48. The van der Waals surface area contributed by atoms with Crippen molar-refractivity contribution in [2.24, 2.45) is 0 Å². The topological polar surface area (TPSA) is 119 Å². The third kappa shape index (κ3) is 7.55. The van der Waals surface area contributed by atoms with Crippen LogP contribution in [0.2, 0.25) is 0 Å². The van der Waals surface area contributed by atoms with Gasteiger partial charge in [-0.3, -0.25) is 9.59 Å². The summed E-state index contributed by atoms with van der Waals surface area (Å²) in [4.78, 5) is 43.4. The van der Waals surface area contributed by atoms with Gasteiger partial charge in [0.2, 0.25) is 0 Å². The highest BCUT2D eigenvalue weighted by Gasteiger charge is 2.16. The van der Waals surface area contributed by atoms with Crippen LogP contribution in [0.25, 0.3) is 22.1 Å². The van der Waals surface area contributed by atoms with Crippen molar-refractivity contribution < 1.29 is 19.1 Å². The first-order chi connectivity index (χ1) is 22.0. The number of carbonyl (C=O) groups is 2. The van der Waals surface area contributed by atoms with E-state index in [-0.39, 0.29) is 11.8 Å². The monoisotopic (exact) mass is 600 g/mol. The zero-order chi connectivity index (χ0) is 31.6. The first kappa shape index (κ1) is 30.6. The smallest absolute Gasteiger partial charge is 0.272 e. The summed E-state index contributed by atoms with van der Waals surface area (Å²) in [5.74, 6) is 1.12. The summed E-state index contributed by atoms with van der Waals surface area (Å²) in [7, 11) is 4.98. The molecule has 10 heteroatoms. The minimum Gasteiger partial charge on any atom is -0.496 e. The molecule has 0 unspecified atom stereocenters. The molecule has 0 aliphatic carbocycles. The minimum atomic E-state index is -0.238. The number of para-hydroxylation sites is 2. The molecule has 0 saturated carbocycles. The van der Waals surface area contributed by atoms with Crippen LogP contribution in [-0.4, -0.2) is 57.9 Å². The number of fused-ring (bicyclic) bond motifs is 2. The van der Waals surface area contributed by atoms with Crippen LogP contribution in [0.5, 0.6) is 11.5 Å². The summed E-state index contributed by atoms with van der Waals surface area (Å²) in [5, 5.41) is 4.67. The fourth-order valence-corrected chi connectivity index (χ4v) is 4.62.